The highest BCUT2D eigenvalue weighted by atomic mass is 32.1. The van der Waals surface area contributed by atoms with Crippen molar-refractivity contribution in [3.63, 3.8) is 0 Å². The molecular formula is C121H180N24O2S. The van der Waals surface area contributed by atoms with Crippen molar-refractivity contribution >= 4 is 11.3 Å². The lowest BCUT2D eigenvalue weighted by atomic mass is 10.0. The molecule has 26 nitrogen and oxygen atoms in total. The Labute approximate surface area is 892 Å². The van der Waals surface area contributed by atoms with Gasteiger partial charge in [-0.15, -0.1) is 11.3 Å². The third kappa shape index (κ3) is 66.2. The van der Waals surface area contributed by atoms with Crippen LogP contribution in [0.25, 0.3) is 0 Å². The summed E-state index contributed by atoms with van der Waals surface area (Å²) < 4.78 is 4.98. The number of imidazole rings is 2. The maximum Gasteiger partial charge on any atom is 0.247 e. The zero-order valence-corrected chi connectivity index (χ0v) is 95.4. The van der Waals surface area contributed by atoms with E-state index in [0.717, 1.165) is 23.2 Å². The zero-order chi connectivity index (χ0) is 110. The van der Waals surface area contributed by atoms with Gasteiger partial charge in [-0.1, -0.05) is 303 Å². The van der Waals surface area contributed by atoms with Crippen LogP contribution in [0.15, 0.2) is 322 Å². The van der Waals surface area contributed by atoms with Gasteiger partial charge in [0.05, 0.1) is 29.9 Å². The molecule has 0 saturated carbocycles. The van der Waals surface area contributed by atoms with Crippen LogP contribution in [0.5, 0.6) is 0 Å². The third-order valence-corrected chi connectivity index (χ3v) is 22.0. The molecule has 1 aromatic carbocycles. The minimum absolute atomic E-state index is 0. The molecule has 0 aliphatic rings. The van der Waals surface area contributed by atoms with Gasteiger partial charge in [0.1, 0.15) is 30.6 Å². The van der Waals surface area contributed by atoms with Crippen molar-refractivity contribution in [2.24, 2.45) is 0 Å². The number of H-pyrrole nitrogens is 6. The molecule has 16 aromatic heterocycles. The lowest BCUT2D eigenvalue weighted by Crippen LogP contribution is -2.03. The lowest BCUT2D eigenvalue weighted by molar-refractivity contribution is 0.471. The second-order valence-electron chi connectivity index (χ2n) is 39.2. The number of thiazole rings is 1. The van der Waals surface area contributed by atoms with Crippen LogP contribution in [0.3, 0.4) is 0 Å². The summed E-state index contributed by atoms with van der Waals surface area (Å²) >= 11 is 1.72. The van der Waals surface area contributed by atoms with Crippen molar-refractivity contribution in [1.82, 2.24) is 121 Å². The van der Waals surface area contributed by atoms with Crippen molar-refractivity contribution < 1.29 is 4.42 Å². The fraction of sp³-hybridized carbons (Fsp3) is 0.430. The first-order valence-electron chi connectivity index (χ1n) is 51.3. The topological polar surface area (TPSA) is 357 Å². The lowest BCUT2D eigenvalue weighted by Gasteiger charge is -2.01. The zero-order valence-electron chi connectivity index (χ0n) is 94.5. The third-order valence-electron chi connectivity index (χ3n) is 20.9. The molecule has 0 unspecified atom stereocenters. The number of benzene rings is 1. The van der Waals surface area contributed by atoms with E-state index >= 15 is 0 Å². The van der Waals surface area contributed by atoms with E-state index in [1.807, 2.05) is 197 Å². The monoisotopic (exact) mass is 2030 g/mol. The largest absolute Gasteiger partial charge is 0.449 e. The van der Waals surface area contributed by atoms with Crippen molar-refractivity contribution in [3.05, 3.63) is 418 Å². The maximum atomic E-state index is 10.6. The summed E-state index contributed by atoms with van der Waals surface area (Å²) in [4.78, 5) is 71.1. The van der Waals surface area contributed by atoms with Crippen molar-refractivity contribution in [1.29, 1.82) is 0 Å². The predicted octanol–water partition coefficient (Wildman–Crippen LogP) is 32.5. The molecule has 17 rings (SSSR count). The van der Waals surface area contributed by atoms with E-state index in [1.165, 1.54) is 78.4 Å². The SMILES string of the molecule is C.CC(C)c1ccc(=O)[nH]c1.CC(C)c1ccccc1.CC(C)c1ccccn1.CC(C)c1cccnc1.CC(C)c1cccnc1.CC(C)c1cccnc1.CC(C)c1ccn[nH]1.CC(C)c1ccncc1.CC(C)c1ccncc1.CC(C)c1ccnnc1.CC(C)c1cn[nH]c1.CC(C)c1cnc[nH]1.CC(C)c1cncnc1.CC(C)c1ncc[nH]1.CC(C)c1ncco1.CC(C)c1nccs1.CC(C)c1ncn[nH]1. The van der Waals surface area contributed by atoms with Crippen LogP contribution in [0.2, 0.25) is 0 Å². The van der Waals surface area contributed by atoms with Crippen LogP contribution in [0.1, 0.15) is 439 Å². The summed E-state index contributed by atoms with van der Waals surface area (Å²) in [5, 5.41) is 30.4. The van der Waals surface area contributed by atoms with Crippen LogP contribution in [0.4, 0.5) is 0 Å². The molecule has 0 spiro atoms. The number of rotatable bonds is 17. The van der Waals surface area contributed by atoms with Gasteiger partial charge in [0, 0.05) is 182 Å². The Morgan fingerprint density at radius 2 is 0.743 bits per heavy atom. The molecule has 6 N–H and O–H groups in total. The Bertz CT molecular complexity index is 4690. The van der Waals surface area contributed by atoms with Gasteiger partial charge in [-0.2, -0.15) is 25.5 Å². The van der Waals surface area contributed by atoms with Crippen molar-refractivity contribution in [2.45, 2.75) is 343 Å². The first-order valence-corrected chi connectivity index (χ1v) is 52.2. The van der Waals surface area contributed by atoms with Crippen LogP contribution in [0, 0.1) is 0 Å². The summed E-state index contributed by atoms with van der Waals surface area (Å²) in [5.74, 6) is 12.3. The molecule has 0 fully saturated rings. The Kier molecular flexibility index (Phi) is 74.4. The molecule has 0 aliphatic carbocycles. The number of oxazole rings is 1. The van der Waals surface area contributed by atoms with E-state index in [0.29, 0.717) is 101 Å². The molecule has 0 bridgehead atoms. The first-order chi connectivity index (χ1) is 70.1. The summed E-state index contributed by atoms with van der Waals surface area (Å²) in [5.41, 5.74) is 16.4. The van der Waals surface area contributed by atoms with Gasteiger partial charge in [0.25, 0.3) is 0 Å². The Morgan fingerprint density at radius 1 is 0.264 bits per heavy atom. The molecule has 0 atom stereocenters. The molecule has 16 heterocycles. The minimum Gasteiger partial charge on any atom is -0.449 e. The van der Waals surface area contributed by atoms with Gasteiger partial charge in [-0.25, -0.2) is 34.9 Å². The molecule has 148 heavy (non-hydrogen) atoms. The van der Waals surface area contributed by atoms with Gasteiger partial charge in [-0.05, 0) is 199 Å². The second-order valence-corrected chi connectivity index (χ2v) is 40.1. The number of hydrogen-bond donors (Lipinski definition) is 6. The Balaban J connectivity index is 0.00000155. The highest BCUT2D eigenvalue weighted by Crippen LogP contribution is 2.21. The molecule has 27 heteroatoms. The van der Waals surface area contributed by atoms with Gasteiger partial charge in [-0.3, -0.25) is 50.0 Å². The maximum absolute atomic E-state index is 10.6. The van der Waals surface area contributed by atoms with Crippen LogP contribution >= 0.6 is 11.3 Å². The summed E-state index contributed by atoms with van der Waals surface area (Å²) in [6.07, 6.45) is 50.1. The van der Waals surface area contributed by atoms with Gasteiger partial charge in [0.15, 0.2) is 5.89 Å². The summed E-state index contributed by atoms with van der Waals surface area (Å²) in [6, 6.07) is 44.3. The number of hydrogen-bond acceptors (Lipinski definition) is 21. The fourth-order valence-corrected chi connectivity index (χ4v) is 11.8. The number of pyridine rings is 7. The van der Waals surface area contributed by atoms with Crippen LogP contribution < -0.4 is 5.56 Å². The first kappa shape index (κ1) is 134. The highest BCUT2D eigenvalue weighted by molar-refractivity contribution is 7.09. The van der Waals surface area contributed by atoms with Crippen LogP contribution in [-0.4, -0.2) is 121 Å². The fourth-order valence-electron chi connectivity index (χ4n) is 11.1. The number of nitrogens with zero attached hydrogens (tertiary/aromatic N) is 18. The number of nitrogens with one attached hydrogen (secondary N) is 6. The number of aromatic amines is 6. The molecule has 0 radical (unpaired) electrons. The van der Waals surface area contributed by atoms with E-state index in [1.54, 1.807) is 92.1 Å². The Hall–Kier alpha value is -14.0. The van der Waals surface area contributed by atoms with E-state index < -0.39 is 0 Å². The van der Waals surface area contributed by atoms with Crippen molar-refractivity contribution in [2.75, 3.05) is 0 Å². The normalized spacial score (nSPS) is 10.2. The molecule has 802 valence electrons. The molecule has 0 saturated heterocycles. The molecule has 0 amide bonds. The van der Waals surface area contributed by atoms with E-state index in [-0.39, 0.29) is 13.0 Å². The van der Waals surface area contributed by atoms with E-state index in [2.05, 4.69) is 385 Å². The van der Waals surface area contributed by atoms with Crippen molar-refractivity contribution in [3.8, 4) is 0 Å². The van der Waals surface area contributed by atoms with E-state index in [4.69, 9.17) is 4.42 Å². The average molecular weight is 2040 g/mol. The van der Waals surface area contributed by atoms with Gasteiger partial charge in [0.2, 0.25) is 5.56 Å². The molecule has 0 aliphatic heterocycles. The number of aromatic nitrogens is 24. The highest BCUT2D eigenvalue weighted by Gasteiger charge is 2.07. The molecular weight excluding hydrogens is 1850 g/mol. The van der Waals surface area contributed by atoms with E-state index in [9.17, 15) is 4.79 Å². The standard InChI is InChI=1S/C9H12.C8H11NO.6C8H11N.2C7H10N2.4C6H10N2.C6H9NO.C6H9NS.C5H9N3.CH4/c1-8(2)9-6-4-3-5-7-9;1-6(2)7-3-4-8(10)9-5-7;2*1-7(2)8-3-5-9-6-4-8;3*1-7(2)8-4-3-5-9-6-8;1-7(2)8-5-3-4-6-9-8;1-6(2)7-3-8-5-9-4-7;1-6(2)7-3-4-8-9-5-7;1-5(2)6-3-7-4-8-6;1-5(2)6-3-7-8-4-6;1-5(2)6-7-3-4-8-6;1-5(2)6-3-4-7-8-6;2*1-5(2)6-7-3-4-8-6;1-4(2)5-6-3-7-8-5;/h3-8H,1-2H3;3-6H,1-2H3,(H,9,10);6*3-7H,1-2H3;2*3-6H,1-2H3;4*3-5H,1-2H3,(H,7,8);2*3-5H,1-2H3;3-4H,1-2H3,(H,6,7,8);1H4. The average Bonchev–Trinajstić information content (AvgIpc) is 1.37. The Morgan fingerprint density at radius 3 is 0.986 bits per heavy atom. The summed E-state index contributed by atoms with van der Waals surface area (Å²) in [7, 11) is 0. The molecule has 17 aromatic rings. The van der Waals surface area contributed by atoms with Crippen LogP contribution in [-0.2, 0) is 0 Å². The van der Waals surface area contributed by atoms with Gasteiger partial charge < -0.3 is 19.4 Å². The summed E-state index contributed by atoms with van der Waals surface area (Å²) in [6.45, 7) is 72.7. The predicted molar refractivity (Wildman–Crippen MR) is 619 cm³/mol. The minimum atomic E-state index is -0.0376. The quantitative estimate of drug-likeness (QED) is 0.0493. The van der Waals surface area contributed by atoms with Gasteiger partial charge >= 0.3 is 0 Å². The smallest absolute Gasteiger partial charge is 0.247 e. The second kappa shape index (κ2) is 82.2.